The summed E-state index contributed by atoms with van der Waals surface area (Å²) in [5, 5.41) is 3.81. The van der Waals surface area contributed by atoms with Gasteiger partial charge in [-0.25, -0.2) is 0 Å². The number of allylic oxidation sites excluding steroid dienone is 1. The second-order valence-corrected chi connectivity index (χ2v) is 24.5. The van der Waals surface area contributed by atoms with Crippen LogP contribution < -0.4 is 0 Å². The minimum atomic E-state index is -2.10. The third-order valence-electron chi connectivity index (χ3n) is 14.7. The summed E-state index contributed by atoms with van der Waals surface area (Å²) in [6.07, 6.45) is 6.81. The van der Waals surface area contributed by atoms with Gasteiger partial charge < -0.3 is 9.13 Å². The van der Waals surface area contributed by atoms with E-state index in [2.05, 4.69) is 276 Å². The van der Waals surface area contributed by atoms with E-state index in [-0.39, 0.29) is 0 Å². The Morgan fingerprint density at radius 3 is 1.69 bits per heavy atom. The van der Waals surface area contributed by atoms with Gasteiger partial charge in [0.15, 0.2) is 0 Å². The predicted molar refractivity (Wildman–Crippen MR) is 294 cm³/mol. The van der Waals surface area contributed by atoms with Gasteiger partial charge in [0.1, 0.15) is 0 Å². The van der Waals surface area contributed by atoms with Crippen LogP contribution in [0.5, 0.6) is 0 Å². The van der Waals surface area contributed by atoms with Gasteiger partial charge in [-0.2, -0.15) is 0 Å². The van der Waals surface area contributed by atoms with Crippen molar-refractivity contribution in [3.63, 3.8) is 0 Å². The standard InChI is InChI=1S/C66H48N2S2/c1-6-23-47(24-7-1)48-25-22-34-54(43-48)70(53-32-14-5-15-33-53)64-40-21-20-39-63(64)68-61-38-19-17-36-57(61)59-44-49(45-65(70)66(59)68)67-60-37-18-16-35-56(60)58-46-55(41-42-62(58)67)69(50-26-8-2-9-27-50,51-28-10-3-11-29-51)52-30-12-4-13-31-52/h1-18,20-37,39-46H,19,38H2. The topological polar surface area (TPSA) is 9.86 Å². The molecule has 1 aliphatic carbocycles. The number of rotatable bonds is 8. The number of aromatic nitrogens is 2. The first-order valence-corrected chi connectivity index (χ1v) is 27.5. The van der Waals surface area contributed by atoms with Crippen molar-refractivity contribution in [1.82, 2.24) is 9.13 Å². The van der Waals surface area contributed by atoms with Gasteiger partial charge in [-0.3, -0.25) is 0 Å². The van der Waals surface area contributed by atoms with Crippen LogP contribution in [-0.4, -0.2) is 9.13 Å². The summed E-state index contributed by atoms with van der Waals surface area (Å²) in [5.41, 5.74) is 11.4. The smallest absolute Gasteiger partial charge is 0.0670 e. The highest BCUT2D eigenvalue weighted by molar-refractivity contribution is 8.34. The van der Waals surface area contributed by atoms with E-state index in [1.165, 1.54) is 106 Å². The summed E-state index contributed by atoms with van der Waals surface area (Å²) in [5.74, 6) is 0. The van der Waals surface area contributed by atoms with Crippen molar-refractivity contribution >= 4 is 58.8 Å². The maximum absolute atomic E-state index is 2.65. The van der Waals surface area contributed by atoms with E-state index >= 15 is 0 Å². The lowest BCUT2D eigenvalue weighted by molar-refractivity contribution is 0.869. The van der Waals surface area contributed by atoms with Crippen molar-refractivity contribution in [3.05, 3.63) is 272 Å². The molecule has 0 saturated carbocycles. The number of fused-ring (bicyclic) bond motifs is 8. The van der Waals surface area contributed by atoms with E-state index in [1.54, 1.807) is 0 Å². The van der Waals surface area contributed by atoms with Crippen LogP contribution in [-0.2, 0) is 6.42 Å². The van der Waals surface area contributed by atoms with Crippen molar-refractivity contribution in [2.45, 2.75) is 52.0 Å². The molecule has 1 aliphatic heterocycles. The fraction of sp³-hybridized carbons (Fsp3) is 0.0303. The van der Waals surface area contributed by atoms with Gasteiger partial charge in [0.25, 0.3) is 0 Å². The highest BCUT2D eigenvalue weighted by atomic mass is 32.3. The molecule has 12 aromatic rings. The van der Waals surface area contributed by atoms with Crippen LogP contribution in [0.4, 0.5) is 0 Å². The molecule has 3 heterocycles. The third-order valence-corrected chi connectivity index (χ3v) is 22.5. The van der Waals surface area contributed by atoms with E-state index in [1.807, 2.05) is 0 Å². The zero-order valence-corrected chi connectivity index (χ0v) is 40.2. The van der Waals surface area contributed by atoms with E-state index in [0.717, 1.165) is 12.8 Å². The molecular formula is C66H48N2S2. The van der Waals surface area contributed by atoms with Crippen molar-refractivity contribution in [1.29, 1.82) is 0 Å². The lowest BCUT2D eigenvalue weighted by atomic mass is 10.0. The number of benzene rings is 10. The van der Waals surface area contributed by atoms with Crippen molar-refractivity contribution in [3.8, 4) is 22.5 Å². The number of hydrogen-bond acceptors (Lipinski definition) is 0. The average molecular weight is 933 g/mol. The Morgan fingerprint density at radius 2 is 0.971 bits per heavy atom. The van der Waals surface area contributed by atoms with Crippen LogP contribution >= 0.6 is 20.1 Å². The van der Waals surface area contributed by atoms with E-state index < -0.39 is 20.1 Å². The molecular weight excluding hydrogens is 885 g/mol. The molecule has 10 aromatic carbocycles. The number of hydrogen-bond donors (Lipinski definition) is 0. The first-order chi connectivity index (χ1) is 34.7. The zero-order chi connectivity index (χ0) is 46.2. The third kappa shape index (κ3) is 5.90. The second-order valence-electron chi connectivity index (χ2n) is 18.3. The molecule has 0 amide bonds. The van der Waals surface area contributed by atoms with Gasteiger partial charge in [0, 0.05) is 72.3 Å². The molecule has 334 valence electrons. The summed E-state index contributed by atoms with van der Waals surface area (Å²) in [6.45, 7) is 0. The quantitative estimate of drug-likeness (QED) is 0.144. The second kappa shape index (κ2) is 16.3. The van der Waals surface area contributed by atoms with Crippen LogP contribution in [0.1, 0.15) is 17.7 Å². The van der Waals surface area contributed by atoms with Gasteiger partial charge >= 0.3 is 0 Å². The van der Waals surface area contributed by atoms with Gasteiger partial charge in [0.2, 0.25) is 0 Å². The van der Waals surface area contributed by atoms with Crippen LogP contribution in [0.2, 0.25) is 0 Å². The largest absolute Gasteiger partial charge is 0.311 e. The molecule has 2 aromatic heterocycles. The first kappa shape index (κ1) is 41.0. The van der Waals surface area contributed by atoms with Gasteiger partial charge in [-0.05, 0) is 133 Å². The van der Waals surface area contributed by atoms with Gasteiger partial charge in [0.05, 0.1) is 22.2 Å². The molecule has 0 bridgehead atoms. The lowest BCUT2D eigenvalue weighted by Gasteiger charge is -2.46. The SMILES string of the molecule is C1=Cc2c(n3c4c(cc(-n5c6ccccc6c6cc(S(c7ccccc7)(c7ccccc7)c7ccccc7)ccc65)cc24)S(c2ccccc2)(c2cccc(-c4ccccc4)c2)c2ccccc2-3)CC1. The van der Waals surface area contributed by atoms with E-state index in [0.29, 0.717) is 0 Å². The van der Waals surface area contributed by atoms with Crippen LogP contribution in [0.15, 0.2) is 300 Å². The Hall–Kier alpha value is -8.02. The zero-order valence-electron chi connectivity index (χ0n) is 38.5. The van der Waals surface area contributed by atoms with Crippen molar-refractivity contribution in [2.24, 2.45) is 0 Å². The maximum atomic E-state index is 2.65. The summed E-state index contributed by atoms with van der Waals surface area (Å²) >= 11 is 0. The molecule has 0 saturated heterocycles. The molecule has 1 unspecified atom stereocenters. The Balaban J connectivity index is 1.10. The summed E-state index contributed by atoms with van der Waals surface area (Å²) in [7, 11) is -4.01. The molecule has 2 aliphatic rings. The minimum absolute atomic E-state index is 0.993. The number of nitrogens with zero attached hydrogens (tertiary/aromatic N) is 2. The maximum Gasteiger partial charge on any atom is 0.0670 e. The van der Waals surface area contributed by atoms with Crippen LogP contribution in [0.3, 0.4) is 0 Å². The normalized spacial score (nSPS) is 16.2. The highest BCUT2D eigenvalue weighted by Crippen LogP contribution is 2.78. The Kier molecular flexibility index (Phi) is 9.55. The lowest BCUT2D eigenvalue weighted by Crippen LogP contribution is -2.16. The number of para-hydroxylation sites is 2. The molecule has 0 fully saturated rings. The van der Waals surface area contributed by atoms with Gasteiger partial charge in [-0.1, -0.05) is 158 Å². The van der Waals surface area contributed by atoms with Crippen molar-refractivity contribution < 1.29 is 0 Å². The van der Waals surface area contributed by atoms with E-state index in [4.69, 9.17) is 0 Å². The molecule has 2 nitrogen and oxygen atoms in total. The monoisotopic (exact) mass is 932 g/mol. The molecule has 0 radical (unpaired) electrons. The minimum Gasteiger partial charge on any atom is -0.311 e. The molecule has 1 atom stereocenters. The van der Waals surface area contributed by atoms with Gasteiger partial charge in [-0.15, -0.1) is 20.1 Å². The van der Waals surface area contributed by atoms with Crippen LogP contribution in [0, 0.1) is 0 Å². The van der Waals surface area contributed by atoms with Crippen LogP contribution in [0.25, 0.3) is 61.3 Å². The Labute approximate surface area is 412 Å². The molecule has 0 spiro atoms. The Bertz CT molecular complexity index is 3890. The molecule has 0 N–H and O–H groups in total. The summed E-state index contributed by atoms with van der Waals surface area (Å²) in [6, 6.07) is 96.3. The summed E-state index contributed by atoms with van der Waals surface area (Å²) in [4.78, 5) is 10.7. The summed E-state index contributed by atoms with van der Waals surface area (Å²) < 4.78 is 5.22. The fourth-order valence-electron chi connectivity index (χ4n) is 11.8. The van der Waals surface area contributed by atoms with E-state index in [9.17, 15) is 0 Å². The first-order valence-electron chi connectivity index (χ1n) is 24.3. The average Bonchev–Trinajstić information content (AvgIpc) is 3.96. The van der Waals surface area contributed by atoms with Crippen molar-refractivity contribution in [2.75, 3.05) is 0 Å². The highest BCUT2D eigenvalue weighted by Gasteiger charge is 2.43. The molecule has 4 heteroatoms. The fourth-order valence-corrected chi connectivity index (χ4v) is 19.9. The molecule has 14 rings (SSSR count). The predicted octanol–water partition coefficient (Wildman–Crippen LogP) is 18.3. The Morgan fingerprint density at radius 1 is 0.386 bits per heavy atom. The molecule has 70 heavy (non-hydrogen) atoms.